The Morgan fingerprint density at radius 3 is 2.93 bits per heavy atom. The minimum Gasteiger partial charge on any atom is -0.431 e. The Bertz CT molecular complexity index is 412. The molecule has 0 saturated carbocycles. The first kappa shape index (κ1) is 9.70. The van der Waals surface area contributed by atoms with Crippen LogP contribution in [-0.4, -0.2) is 23.3 Å². The second-order valence-corrected chi connectivity index (χ2v) is 3.58. The van der Waals surface area contributed by atoms with Crippen LogP contribution in [0.4, 0.5) is 6.01 Å². The number of oxazole rings is 1. The largest absolute Gasteiger partial charge is 0.431 e. The maximum atomic E-state index is 11.5. The third kappa shape index (κ3) is 1.70. The van der Waals surface area contributed by atoms with Crippen molar-refractivity contribution >= 4 is 17.8 Å². The molecule has 80 valence electrons. The second kappa shape index (κ2) is 3.38. The topological polar surface area (TPSA) is 89.4 Å². The van der Waals surface area contributed by atoms with Gasteiger partial charge < -0.3 is 10.2 Å². The first-order chi connectivity index (χ1) is 7.08. The zero-order chi connectivity index (χ0) is 11.0. The highest BCUT2D eigenvalue weighted by molar-refractivity contribution is 5.98. The van der Waals surface area contributed by atoms with Gasteiger partial charge in [-0.1, -0.05) is 0 Å². The molecular weight excluding hydrogens is 198 g/mol. The highest BCUT2D eigenvalue weighted by Gasteiger charge is 2.36. The van der Waals surface area contributed by atoms with Gasteiger partial charge in [0.15, 0.2) is 0 Å². The van der Waals surface area contributed by atoms with Crippen molar-refractivity contribution in [2.45, 2.75) is 13.3 Å². The summed E-state index contributed by atoms with van der Waals surface area (Å²) in [5.74, 6) is -1.08. The zero-order valence-corrected chi connectivity index (χ0v) is 8.27. The van der Waals surface area contributed by atoms with E-state index in [0.29, 0.717) is 5.69 Å². The molecule has 0 aromatic carbocycles. The first-order valence-corrected chi connectivity index (χ1v) is 4.59. The average Bonchev–Trinajstić information content (AvgIpc) is 2.71. The van der Waals surface area contributed by atoms with Crippen molar-refractivity contribution in [3.63, 3.8) is 0 Å². The molecule has 1 saturated heterocycles. The molecule has 1 aliphatic rings. The number of primary amides is 1. The summed E-state index contributed by atoms with van der Waals surface area (Å²) in [5.41, 5.74) is 5.83. The van der Waals surface area contributed by atoms with Crippen molar-refractivity contribution in [3.8, 4) is 0 Å². The number of aromatic nitrogens is 1. The Labute approximate surface area is 86.1 Å². The molecule has 2 amide bonds. The number of hydrogen-bond donors (Lipinski definition) is 1. The molecule has 0 bridgehead atoms. The minimum absolute atomic E-state index is 0.136. The van der Waals surface area contributed by atoms with Crippen LogP contribution in [0.3, 0.4) is 0 Å². The maximum Gasteiger partial charge on any atom is 0.304 e. The fraction of sp³-hybridized carbons (Fsp3) is 0.444. The standard InChI is InChI=1S/C9H11N3O3/c1-5-4-15-9(11-5)12-3-6(8(10)14)2-7(12)13/h4,6H,2-3H2,1H3,(H2,10,14). The number of carbonyl (C=O) groups excluding carboxylic acids is 2. The molecule has 2 rings (SSSR count). The van der Waals surface area contributed by atoms with E-state index < -0.39 is 11.8 Å². The summed E-state index contributed by atoms with van der Waals surface area (Å²) in [5, 5.41) is 0. The highest BCUT2D eigenvalue weighted by atomic mass is 16.4. The smallest absolute Gasteiger partial charge is 0.304 e. The zero-order valence-electron chi connectivity index (χ0n) is 8.27. The molecule has 0 radical (unpaired) electrons. The van der Waals surface area contributed by atoms with Crippen molar-refractivity contribution in [2.24, 2.45) is 11.7 Å². The van der Waals surface area contributed by atoms with Crippen molar-refractivity contribution in [1.29, 1.82) is 0 Å². The summed E-state index contributed by atoms with van der Waals surface area (Å²) in [6.45, 7) is 2.02. The van der Waals surface area contributed by atoms with E-state index in [1.165, 1.54) is 11.2 Å². The van der Waals surface area contributed by atoms with Crippen LogP contribution >= 0.6 is 0 Å². The monoisotopic (exact) mass is 209 g/mol. The molecule has 1 aromatic rings. The molecule has 2 heterocycles. The lowest BCUT2D eigenvalue weighted by Crippen LogP contribution is -2.28. The molecule has 1 aliphatic heterocycles. The minimum atomic E-state index is -0.464. The molecule has 1 atom stereocenters. The van der Waals surface area contributed by atoms with E-state index in [1.807, 2.05) is 0 Å². The average molecular weight is 209 g/mol. The predicted molar refractivity (Wildman–Crippen MR) is 50.9 cm³/mol. The van der Waals surface area contributed by atoms with Crippen molar-refractivity contribution in [3.05, 3.63) is 12.0 Å². The van der Waals surface area contributed by atoms with E-state index in [4.69, 9.17) is 10.2 Å². The number of hydrogen-bond acceptors (Lipinski definition) is 4. The number of nitrogens with two attached hydrogens (primary N) is 1. The van der Waals surface area contributed by atoms with Gasteiger partial charge in [0.05, 0.1) is 11.6 Å². The summed E-state index contributed by atoms with van der Waals surface area (Å²) < 4.78 is 5.09. The van der Waals surface area contributed by atoms with Gasteiger partial charge in [-0.25, -0.2) is 0 Å². The first-order valence-electron chi connectivity index (χ1n) is 4.59. The number of amides is 2. The van der Waals surface area contributed by atoms with Crippen LogP contribution in [0.2, 0.25) is 0 Å². The van der Waals surface area contributed by atoms with Crippen LogP contribution in [0.15, 0.2) is 10.7 Å². The number of nitrogens with zero attached hydrogens (tertiary/aromatic N) is 2. The van der Waals surface area contributed by atoms with Crippen molar-refractivity contribution in [1.82, 2.24) is 4.98 Å². The lowest BCUT2D eigenvalue weighted by molar-refractivity contribution is -0.123. The summed E-state index contributed by atoms with van der Waals surface area (Å²) >= 11 is 0. The van der Waals surface area contributed by atoms with E-state index in [0.717, 1.165) is 0 Å². The SMILES string of the molecule is Cc1coc(N2CC(C(N)=O)CC2=O)n1. The van der Waals surface area contributed by atoms with Gasteiger partial charge in [0, 0.05) is 13.0 Å². The Kier molecular flexibility index (Phi) is 2.18. The highest BCUT2D eigenvalue weighted by Crippen LogP contribution is 2.23. The van der Waals surface area contributed by atoms with Gasteiger partial charge in [0.25, 0.3) is 0 Å². The van der Waals surface area contributed by atoms with E-state index >= 15 is 0 Å². The Morgan fingerprint density at radius 1 is 1.73 bits per heavy atom. The van der Waals surface area contributed by atoms with Gasteiger partial charge >= 0.3 is 6.01 Å². The Morgan fingerprint density at radius 2 is 2.47 bits per heavy atom. The van der Waals surface area contributed by atoms with Crippen LogP contribution in [0.5, 0.6) is 0 Å². The molecule has 1 fully saturated rings. The lowest BCUT2D eigenvalue weighted by Gasteiger charge is -2.09. The van der Waals surface area contributed by atoms with Crippen LogP contribution in [0, 0.1) is 12.8 Å². The third-order valence-electron chi connectivity index (χ3n) is 2.37. The van der Waals surface area contributed by atoms with Gasteiger partial charge in [-0.2, -0.15) is 4.98 Å². The molecule has 6 nitrogen and oxygen atoms in total. The van der Waals surface area contributed by atoms with Gasteiger partial charge in [-0.3, -0.25) is 14.5 Å². The molecular formula is C9H11N3O3. The van der Waals surface area contributed by atoms with E-state index in [2.05, 4.69) is 4.98 Å². The lowest BCUT2D eigenvalue weighted by atomic mass is 10.1. The summed E-state index contributed by atoms with van der Waals surface area (Å²) in [4.78, 5) is 27.8. The third-order valence-corrected chi connectivity index (χ3v) is 2.37. The van der Waals surface area contributed by atoms with E-state index in [1.54, 1.807) is 6.92 Å². The number of aryl methyl sites for hydroxylation is 1. The van der Waals surface area contributed by atoms with E-state index in [9.17, 15) is 9.59 Å². The van der Waals surface area contributed by atoms with Gasteiger partial charge in [-0.05, 0) is 6.92 Å². The molecule has 0 aliphatic carbocycles. The van der Waals surface area contributed by atoms with Gasteiger partial charge in [0.1, 0.15) is 6.26 Å². The Balaban J connectivity index is 2.18. The summed E-state index contributed by atoms with van der Waals surface area (Å²) in [6, 6.07) is 0.237. The Hall–Kier alpha value is -1.85. The van der Waals surface area contributed by atoms with Crippen LogP contribution in [0.1, 0.15) is 12.1 Å². The fourth-order valence-corrected chi connectivity index (χ4v) is 1.55. The normalized spacial score (nSPS) is 21.0. The molecule has 2 N–H and O–H groups in total. The van der Waals surface area contributed by atoms with Gasteiger partial charge in [-0.15, -0.1) is 0 Å². The molecule has 1 aromatic heterocycles. The second-order valence-electron chi connectivity index (χ2n) is 3.58. The number of anilines is 1. The molecule has 1 unspecified atom stereocenters. The predicted octanol–water partition coefficient (Wildman–Crippen LogP) is -0.179. The fourth-order valence-electron chi connectivity index (χ4n) is 1.55. The molecule has 6 heteroatoms. The quantitative estimate of drug-likeness (QED) is 0.731. The molecule has 0 spiro atoms. The maximum absolute atomic E-state index is 11.5. The van der Waals surface area contributed by atoms with Crippen LogP contribution < -0.4 is 10.6 Å². The number of rotatable bonds is 2. The van der Waals surface area contributed by atoms with Crippen LogP contribution in [0.25, 0.3) is 0 Å². The van der Waals surface area contributed by atoms with E-state index in [-0.39, 0.29) is 24.9 Å². The number of carbonyl (C=O) groups is 2. The van der Waals surface area contributed by atoms with Crippen molar-refractivity contribution < 1.29 is 14.0 Å². The summed E-state index contributed by atoms with van der Waals surface area (Å²) in [6.07, 6.45) is 1.59. The molecule has 15 heavy (non-hydrogen) atoms. The summed E-state index contributed by atoms with van der Waals surface area (Å²) in [7, 11) is 0. The van der Waals surface area contributed by atoms with Gasteiger partial charge in [0.2, 0.25) is 11.8 Å². The van der Waals surface area contributed by atoms with Crippen LogP contribution in [-0.2, 0) is 9.59 Å². The van der Waals surface area contributed by atoms with Crippen molar-refractivity contribution in [2.75, 3.05) is 11.4 Å².